The molecule has 0 aliphatic carbocycles. The Hall–Kier alpha value is -2.43. The molecule has 5 heteroatoms. The van der Waals surface area contributed by atoms with E-state index in [1.807, 2.05) is 0 Å². The summed E-state index contributed by atoms with van der Waals surface area (Å²) in [6.45, 7) is 3.29. The second-order valence-corrected chi connectivity index (χ2v) is 3.96. The molecule has 0 radical (unpaired) electrons. The SMILES string of the molecule is CC(=O)c1cnn(-c2ccc(C(=O)O)cc2)c1C. The highest BCUT2D eigenvalue weighted by Gasteiger charge is 2.11. The smallest absolute Gasteiger partial charge is 0.335 e. The minimum Gasteiger partial charge on any atom is -0.478 e. The predicted molar refractivity (Wildman–Crippen MR) is 65.3 cm³/mol. The number of nitrogens with zero attached hydrogens (tertiary/aromatic N) is 2. The third-order valence-corrected chi connectivity index (χ3v) is 2.75. The van der Waals surface area contributed by atoms with Crippen LogP contribution in [0.2, 0.25) is 0 Å². The number of rotatable bonds is 3. The van der Waals surface area contributed by atoms with Crippen molar-refractivity contribution < 1.29 is 14.7 Å². The molecule has 0 atom stereocenters. The first-order chi connectivity index (χ1) is 8.50. The second-order valence-electron chi connectivity index (χ2n) is 3.96. The van der Waals surface area contributed by atoms with E-state index in [2.05, 4.69) is 5.10 Å². The molecule has 0 fully saturated rings. The molecule has 0 saturated heterocycles. The molecule has 0 unspecified atom stereocenters. The van der Waals surface area contributed by atoms with Gasteiger partial charge in [0.1, 0.15) is 0 Å². The normalized spacial score (nSPS) is 10.3. The van der Waals surface area contributed by atoms with Gasteiger partial charge in [0.2, 0.25) is 0 Å². The predicted octanol–water partition coefficient (Wildman–Crippen LogP) is 2.08. The van der Waals surface area contributed by atoms with Gasteiger partial charge in [0, 0.05) is 0 Å². The molecule has 1 heterocycles. The molecule has 5 nitrogen and oxygen atoms in total. The molecule has 0 aliphatic heterocycles. The van der Waals surface area contributed by atoms with Crippen LogP contribution in [0.5, 0.6) is 0 Å². The number of aromatic nitrogens is 2. The van der Waals surface area contributed by atoms with E-state index in [9.17, 15) is 9.59 Å². The van der Waals surface area contributed by atoms with Crippen LogP contribution >= 0.6 is 0 Å². The van der Waals surface area contributed by atoms with E-state index in [-0.39, 0.29) is 11.3 Å². The summed E-state index contributed by atoms with van der Waals surface area (Å²) in [5, 5.41) is 12.9. The van der Waals surface area contributed by atoms with Crippen molar-refractivity contribution in [3.8, 4) is 5.69 Å². The number of carboxylic acids is 1. The lowest BCUT2D eigenvalue weighted by molar-refractivity contribution is 0.0696. The minimum absolute atomic E-state index is 0.0408. The fourth-order valence-electron chi connectivity index (χ4n) is 1.76. The zero-order chi connectivity index (χ0) is 13.3. The van der Waals surface area contributed by atoms with E-state index in [1.165, 1.54) is 25.3 Å². The van der Waals surface area contributed by atoms with E-state index in [1.54, 1.807) is 23.7 Å². The first kappa shape index (κ1) is 12.0. The van der Waals surface area contributed by atoms with Gasteiger partial charge in [-0.1, -0.05) is 0 Å². The van der Waals surface area contributed by atoms with Crippen LogP contribution in [-0.2, 0) is 0 Å². The highest BCUT2D eigenvalue weighted by molar-refractivity contribution is 5.95. The first-order valence-corrected chi connectivity index (χ1v) is 5.40. The van der Waals surface area contributed by atoms with E-state index in [0.717, 1.165) is 11.4 Å². The lowest BCUT2D eigenvalue weighted by Gasteiger charge is -2.05. The Morgan fingerprint density at radius 3 is 2.28 bits per heavy atom. The molecule has 2 rings (SSSR count). The molecular formula is C13H12N2O3. The van der Waals surface area contributed by atoms with E-state index in [4.69, 9.17) is 5.11 Å². The van der Waals surface area contributed by atoms with Crippen molar-refractivity contribution >= 4 is 11.8 Å². The van der Waals surface area contributed by atoms with Crippen LogP contribution in [0.4, 0.5) is 0 Å². The Kier molecular flexibility index (Phi) is 2.97. The van der Waals surface area contributed by atoms with Crippen molar-refractivity contribution in [3.63, 3.8) is 0 Å². The quantitative estimate of drug-likeness (QED) is 0.839. The lowest BCUT2D eigenvalue weighted by atomic mass is 10.2. The number of hydrogen-bond acceptors (Lipinski definition) is 3. The van der Waals surface area contributed by atoms with Crippen LogP contribution in [0.15, 0.2) is 30.5 Å². The molecule has 2 aromatic rings. The van der Waals surface area contributed by atoms with Gasteiger partial charge in [0.15, 0.2) is 5.78 Å². The van der Waals surface area contributed by atoms with Crippen molar-refractivity contribution in [2.75, 3.05) is 0 Å². The van der Waals surface area contributed by atoms with Gasteiger partial charge in [0.25, 0.3) is 0 Å². The van der Waals surface area contributed by atoms with E-state index < -0.39 is 5.97 Å². The summed E-state index contributed by atoms with van der Waals surface area (Å²) < 4.78 is 1.61. The Balaban J connectivity index is 2.43. The van der Waals surface area contributed by atoms with Crippen molar-refractivity contribution in [1.29, 1.82) is 0 Å². The molecule has 92 valence electrons. The third kappa shape index (κ3) is 2.02. The van der Waals surface area contributed by atoms with Crippen LogP contribution in [0, 0.1) is 6.92 Å². The zero-order valence-corrected chi connectivity index (χ0v) is 10.0. The molecule has 0 bridgehead atoms. The zero-order valence-electron chi connectivity index (χ0n) is 10.0. The molecule has 0 spiro atoms. The highest BCUT2D eigenvalue weighted by atomic mass is 16.4. The standard InChI is InChI=1S/C13H12N2O3/c1-8-12(9(2)16)7-14-15(8)11-5-3-10(4-6-11)13(17)18/h3-7H,1-2H3,(H,17,18). The fraction of sp³-hybridized carbons (Fsp3) is 0.154. The van der Waals surface area contributed by atoms with Gasteiger partial charge in [0.05, 0.1) is 28.7 Å². The summed E-state index contributed by atoms with van der Waals surface area (Å²) >= 11 is 0. The fourth-order valence-corrected chi connectivity index (χ4v) is 1.76. The van der Waals surface area contributed by atoms with Crippen LogP contribution in [0.1, 0.15) is 33.3 Å². The van der Waals surface area contributed by atoms with Crippen molar-refractivity contribution in [2.45, 2.75) is 13.8 Å². The molecular weight excluding hydrogens is 232 g/mol. The number of carboxylic acid groups (broad SMARTS) is 1. The maximum atomic E-state index is 11.3. The molecule has 1 aromatic carbocycles. The summed E-state index contributed by atoms with van der Waals surface area (Å²) in [5.74, 6) is -1.01. The van der Waals surface area contributed by atoms with Gasteiger partial charge in [-0.2, -0.15) is 5.10 Å². The number of hydrogen-bond donors (Lipinski definition) is 1. The molecule has 0 amide bonds. The maximum absolute atomic E-state index is 11.3. The highest BCUT2D eigenvalue weighted by Crippen LogP contribution is 2.15. The molecule has 0 aliphatic rings. The van der Waals surface area contributed by atoms with Crippen LogP contribution in [-0.4, -0.2) is 26.6 Å². The minimum atomic E-state index is -0.969. The van der Waals surface area contributed by atoms with Gasteiger partial charge in [-0.15, -0.1) is 0 Å². The number of ketones is 1. The average Bonchev–Trinajstić information content (AvgIpc) is 2.71. The maximum Gasteiger partial charge on any atom is 0.335 e. The van der Waals surface area contributed by atoms with Crippen molar-refractivity contribution in [1.82, 2.24) is 9.78 Å². The summed E-state index contributed by atoms with van der Waals surface area (Å²) in [6.07, 6.45) is 1.52. The molecule has 1 N–H and O–H groups in total. The van der Waals surface area contributed by atoms with Crippen molar-refractivity contribution in [3.05, 3.63) is 47.3 Å². The van der Waals surface area contributed by atoms with Crippen molar-refractivity contribution in [2.24, 2.45) is 0 Å². The second kappa shape index (κ2) is 4.44. The summed E-state index contributed by atoms with van der Waals surface area (Å²) in [6, 6.07) is 6.33. The number of benzene rings is 1. The molecule has 0 saturated carbocycles. The van der Waals surface area contributed by atoms with Gasteiger partial charge >= 0.3 is 5.97 Å². The third-order valence-electron chi connectivity index (χ3n) is 2.75. The Morgan fingerprint density at radius 2 is 1.83 bits per heavy atom. The number of carbonyl (C=O) groups excluding carboxylic acids is 1. The van der Waals surface area contributed by atoms with Gasteiger partial charge in [-0.05, 0) is 38.1 Å². The average molecular weight is 244 g/mol. The number of carbonyl (C=O) groups is 2. The van der Waals surface area contributed by atoms with E-state index in [0.29, 0.717) is 5.56 Å². The largest absolute Gasteiger partial charge is 0.478 e. The van der Waals surface area contributed by atoms with Crippen LogP contribution in [0.3, 0.4) is 0 Å². The Morgan fingerprint density at radius 1 is 1.22 bits per heavy atom. The van der Waals surface area contributed by atoms with E-state index >= 15 is 0 Å². The summed E-state index contributed by atoms with van der Waals surface area (Å²) in [5.41, 5.74) is 2.25. The lowest BCUT2D eigenvalue weighted by Crippen LogP contribution is -2.02. The van der Waals surface area contributed by atoms with Crippen LogP contribution in [0.25, 0.3) is 5.69 Å². The molecule has 18 heavy (non-hydrogen) atoms. The monoisotopic (exact) mass is 244 g/mol. The number of aromatic carboxylic acids is 1. The number of Topliss-reactive ketones (excluding diaryl/α,β-unsaturated/α-hetero) is 1. The first-order valence-electron chi connectivity index (χ1n) is 5.40. The van der Waals surface area contributed by atoms with Gasteiger partial charge in [-0.3, -0.25) is 4.79 Å². The molecule has 1 aromatic heterocycles. The van der Waals surface area contributed by atoms with Gasteiger partial charge in [-0.25, -0.2) is 9.48 Å². The van der Waals surface area contributed by atoms with Gasteiger partial charge < -0.3 is 5.11 Å². The summed E-state index contributed by atoms with van der Waals surface area (Å²) in [4.78, 5) is 22.1. The summed E-state index contributed by atoms with van der Waals surface area (Å²) in [7, 11) is 0. The Bertz CT molecular complexity index is 612. The Labute approximate surface area is 104 Å². The topological polar surface area (TPSA) is 72.2 Å². The van der Waals surface area contributed by atoms with Crippen LogP contribution < -0.4 is 0 Å².